The minimum absolute atomic E-state index is 0.0209. The highest BCUT2D eigenvalue weighted by atomic mass is 16.2. The molecular formula is C57H64N8O8. The molecule has 16 nitrogen and oxygen atoms in total. The van der Waals surface area contributed by atoms with Gasteiger partial charge in [0.25, 0.3) is 29.2 Å². The number of carbonyl (C=O) groups excluding carboxylic acids is 7. The number of hydrogen-bond acceptors (Lipinski definition) is 10. The van der Waals surface area contributed by atoms with Gasteiger partial charge in [-0.1, -0.05) is 82.1 Å². The summed E-state index contributed by atoms with van der Waals surface area (Å²) in [7, 11) is 1.70. The highest BCUT2D eigenvalue weighted by molar-refractivity contribution is 6.24. The number of amides is 7. The number of imide groups is 2. The second-order valence-electron chi connectivity index (χ2n) is 20.3. The normalized spacial score (nSPS) is 16.1. The summed E-state index contributed by atoms with van der Waals surface area (Å²) in [6.07, 6.45) is 6.30. The second-order valence-corrected chi connectivity index (χ2v) is 20.3. The van der Waals surface area contributed by atoms with E-state index in [1.807, 2.05) is 78.6 Å². The Labute approximate surface area is 425 Å². The minimum atomic E-state index is -1.04. The van der Waals surface area contributed by atoms with Crippen molar-refractivity contribution < 1.29 is 33.6 Å². The van der Waals surface area contributed by atoms with E-state index < -0.39 is 29.7 Å². The highest BCUT2D eigenvalue weighted by Crippen LogP contribution is 2.32. The number of benzene rings is 4. The lowest BCUT2D eigenvalue weighted by atomic mass is 9.86. The third kappa shape index (κ3) is 12.0. The summed E-state index contributed by atoms with van der Waals surface area (Å²) in [6.45, 7) is 12.6. The summed E-state index contributed by atoms with van der Waals surface area (Å²) in [6, 6.07) is 24.6. The topological polar surface area (TPSA) is 200 Å². The van der Waals surface area contributed by atoms with Crippen molar-refractivity contribution in [3.63, 3.8) is 0 Å². The molecule has 8 rings (SSSR count). The summed E-state index contributed by atoms with van der Waals surface area (Å²) < 4.78 is 1.53. The van der Waals surface area contributed by atoms with Crippen LogP contribution >= 0.6 is 0 Å². The van der Waals surface area contributed by atoms with Crippen LogP contribution in [0.2, 0.25) is 0 Å². The molecule has 0 aliphatic carbocycles. The number of hydrogen-bond donors (Lipinski definition) is 3. The SMILES string of the molecule is Cc1c(NC(=O)c2ccc(C(C)(C)C)cc2)cccc1-c1cn(C)c(=O)c(Cc2ccc(C(=O)N3CCN(CCCCCCNC(=O)CCc4cccc5c4C(=O)N(C4CCC(=O)NC4=O)C5=O)CC3)cc2)n1. The Bertz CT molecular complexity index is 3000. The predicted octanol–water partition coefficient (Wildman–Crippen LogP) is 6.36. The van der Waals surface area contributed by atoms with Gasteiger partial charge in [0.2, 0.25) is 17.7 Å². The predicted molar refractivity (Wildman–Crippen MR) is 277 cm³/mol. The molecule has 0 spiro atoms. The number of nitrogens with one attached hydrogen (secondary N) is 3. The number of rotatable bonds is 17. The van der Waals surface area contributed by atoms with E-state index in [1.165, 1.54) is 4.57 Å². The van der Waals surface area contributed by atoms with Crippen LogP contribution in [0.5, 0.6) is 0 Å². The molecule has 0 saturated carbocycles. The lowest BCUT2D eigenvalue weighted by Gasteiger charge is -2.34. The van der Waals surface area contributed by atoms with Crippen LogP contribution < -0.4 is 21.5 Å². The quantitative estimate of drug-likeness (QED) is 0.0696. The second kappa shape index (κ2) is 22.4. The van der Waals surface area contributed by atoms with Crippen molar-refractivity contribution in [2.45, 2.75) is 96.9 Å². The van der Waals surface area contributed by atoms with E-state index in [1.54, 1.807) is 31.4 Å². The molecule has 16 heteroatoms. The van der Waals surface area contributed by atoms with Crippen LogP contribution in [0.25, 0.3) is 11.3 Å². The largest absolute Gasteiger partial charge is 0.356 e. The first-order valence-corrected chi connectivity index (χ1v) is 25.3. The van der Waals surface area contributed by atoms with Gasteiger partial charge < -0.3 is 20.1 Å². The van der Waals surface area contributed by atoms with Gasteiger partial charge in [0.05, 0.1) is 16.8 Å². The summed E-state index contributed by atoms with van der Waals surface area (Å²) >= 11 is 0. The van der Waals surface area contributed by atoms with Crippen molar-refractivity contribution in [3.05, 3.63) is 152 Å². The molecule has 0 bridgehead atoms. The van der Waals surface area contributed by atoms with Crippen LogP contribution in [0.15, 0.2) is 95.9 Å². The third-order valence-corrected chi connectivity index (χ3v) is 14.1. The van der Waals surface area contributed by atoms with Crippen LogP contribution in [0.3, 0.4) is 0 Å². The number of aryl methyl sites for hydroxylation is 2. The van der Waals surface area contributed by atoms with Crippen LogP contribution in [-0.2, 0) is 39.7 Å². The lowest BCUT2D eigenvalue weighted by Crippen LogP contribution is -2.54. The number of unbranched alkanes of at least 4 members (excludes halogenated alkanes) is 3. The first-order chi connectivity index (χ1) is 35.0. The van der Waals surface area contributed by atoms with Crippen molar-refractivity contribution in [1.82, 2.24) is 34.9 Å². The first kappa shape index (κ1) is 51.8. The van der Waals surface area contributed by atoms with Crippen molar-refractivity contribution in [2.75, 3.05) is 44.6 Å². The molecule has 1 unspecified atom stereocenters. The van der Waals surface area contributed by atoms with E-state index in [0.717, 1.165) is 72.5 Å². The summed E-state index contributed by atoms with van der Waals surface area (Å²) in [5, 5.41) is 8.22. The Kier molecular flexibility index (Phi) is 15.9. The van der Waals surface area contributed by atoms with E-state index in [4.69, 9.17) is 4.98 Å². The van der Waals surface area contributed by atoms with E-state index in [2.05, 4.69) is 41.6 Å². The van der Waals surface area contributed by atoms with Crippen LogP contribution in [0.1, 0.15) is 135 Å². The molecule has 5 aromatic rings. The summed E-state index contributed by atoms with van der Waals surface area (Å²) in [5.74, 6) is -2.63. The van der Waals surface area contributed by atoms with E-state index >= 15 is 0 Å². The number of piperazine rings is 1. The van der Waals surface area contributed by atoms with Crippen molar-refractivity contribution in [3.8, 4) is 11.3 Å². The maximum atomic E-state index is 13.5. The monoisotopic (exact) mass is 988 g/mol. The molecule has 73 heavy (non-hydrogen) atoms. The summed E-state index contributed by atoms with van der Waals surface area (Å²) in [5.41, 5.74) is 7.17. The fraction of sp³-hybridized carbons (Fsp3) is 0.386. The first-order valence-electron chi connectivity index (χ1n) is 25.3. The van der Waals surface area contributed by atoms with Gasteiger partial charge in [0, 0.05) is 87.6 Å². The number of carbonyl (C=O) groups is 7. The van der Waals surface area contributed by atoms with Gasteiger partial charge in [-0.25, -0.2) is 4.98 Å². The van der Waals surface area contributed by atoms with E-state index in [-0.39, 0.29) is 71.9 Å². The average molecular weight is 989 g/mol. The zero-order valence-corrected chi connectivity index (χ0v) is 42.3. The standard InChI is InChI=1S/C57H64N8O8/c1-36-42(13-11-15-44(36)60-51(68)39-20-23-41(24-21-39)57(2,3)4)46-35-62(5)55(72)45(59-46)34-37-16-18-40(19-17-37)53(70)64-32-30-63(31-33-64)29-9-7-6-8-28-58-48(66)26-22-38-12-10-14-43-50(38)56(73)65(54(43)71)47-25-27-49(67)61-52(47)69/h10-21,23-24,35,47H,6-9,22,25-34H2,1-5H3,(H,58,66)(H,60,68)(H,61,67,69). The molecule has 380 valence electrons. The molecule has 2 saturated heterocycles. The molecule has 3 aliphatic heterocycles. The molecule has 4 heterocycles. The van der Waals surface area contributed by atoms with Crippen LogP contribution in [0, 0.1) is 6.92 Å². The van der Waals surface area contributed by atoms with Gasteiger partial charge in [0.1, 0.15) is 11.7 Å². The molecule has 2 fully saturated rings. The van der Waals surface area contributed by atoms with Crippen molar-refractivity contribution >= 4 is 47.0 Å². The smallest absolute Gasteiger partial charge is 0.272 e. The Hall–Kier alpha value is -7.59. The number of anilines is 1. The Morgan fingerprint density at radius 1 is 0.781 bits per heavy atom. The number of piperidine rings is 1. The van der Waals surface area contributed by atoms with E-state index in [0.29, 0.717) is 53.4 Å². The van der Waals surface area contributed by atoms with Gasteiger partial charge in [0.15, 0.2) is 0 Å². The molecule has 4 aromatic carbocycles. The van der Waals surface area contributed by atoms with Crippen LogP contribution in [-0.4, -0.2) is 111 Å². The highest BCUT2D eigenvalue weighted by Gasteiger charge is 2.45. The average Bonchev–Trinajstić information content (AvgIpc) is 3.63. The van der Waals surface area contributed by atoms with Gasteiger partial charge in [-0.3, -0.25) is 53.5 Å². The van der Waals surface area contributed by atoms with Gasteiger partial charge >= 0.3 is 0 Å². The maximum absolute atomic E-state index is 13.5. The third-order valence-electron chi connectivity index (χ3n) is 14.1. The molecule has 3 aliphatic rings. The number of nitrogens with zero attached hydrogens (tertiary/aromatic N) is 5. The minimum Gasteiger partial charge on any atom is -0.356 e. The zero-order chi connectivity index (χ0) is 52.0. The maximum Gasteiger partial charge on any atom is 0.272 e. The van der Waals surface area contributed by atoms with E-state index in [9.17, 15) is 38.4 Å². The lowest BCUT2D eigenvalue weighted by molar-refractivity contribution is -0.136. The Balaban J connectivity index is 0.739. The molecule has 0 radical (unpaired) electrons. The number of fused-ring (bicyclic) bond motifs is 1. The molecule has 7 amide bonds. The van der Waals surface area contributed by atoms with Crippen molar-refractivity contribution in [1.29, 1.82) is 0 Å². The number of aromatic nitrogens is 2. The zero-order valence-electron chi connectivity index (χ0n) is 42.3. The van der Waals surface area contributed by atoms with Crippen LogP contribution in [0.4, 0.5) is 5.69 Å². The Morgan fingerprint density at radius 3 is 2.18 bits per heavy atom. The molecule has 1 atom stereocenters. The fourth-order valence-corrected chi connectivity index (χ4v) is 9.76. The molecule has 1 aromatic heterocycles. The summed E-state index contributed by atoms with van der Waals surface area (Å²) in [4.78, 5) is 113. The van der Waals surface area contributed by atoms with Gasteiger partial charge in [-0.2, -0.15) is 0 Å². The molecule has 3 N–H and O–H groups in total. The van der Waals surface area contributed by atoms with Gasteiger partial charge in [-0.15, -0.1) is 0 Å². The Morgan fingerprint density at radius 2 is 1.47 bits per heavy atom. The fourth-order valence-electron chi connectivity index (χ4n) is 9.76. The van der Waals surface area contributed by atoms with Crippen molar-refractivity contribution in [2.24, 2.45) is 7.05 Å². The van der Waals surface area contributed by atoms with Gasteiger partial charge in [-0.05, 0) is 103 Å². The molecular weight excluding hydrogens is 925 g/mol.